The Kier molecular flexibility index (Phi) is 11.8. The van der Waals surface area contributed by atoms with Crippen LogP contribution in [0.25, 0.3) is 0 Å². The molecule has 0 amide bonds. The third-order valence-electron chi connectivity index (χ3n) is 8.23. The number of anilines is 1. The second kappa shape index (κ2) is 15.8. The van der Waals surface area contributed by atoms with E-state index in [2.05, 4.69) is 4.90 Å². The molecule has 3 aromatic rings. The van der Waals surface area contributed by atoms with Gasteiger partial charge in [-0.1, -0.05) is 29.3 Å². The first-order valence-corrected chi connectivity index (χ1v) is 18.1. The van der Waals surface area contributed by atoms with Gasteiger partial charge in [0.1, 0.15) is 21.9 Å². The molecular weight excluding hydrogens is 685 g/mol. The van der Waals surface area contributed by atoms with Crippen molar-refractivity contribution in [3.8, 4) is 17.2 Å². The minimum atomic E-state index is -3.70. The summed E-state index contributed by atoms with van der Waals surface area (Å²) in [5, 5.41) is 12.1. The minimum Gasteiger partial charge on any atom is -0.619 e. The van der Waals surface area contributed by atoms with E-state index in [9.17, 15) is 18.4 Å². The van der Waals surface area contributed by atoms with Crippen LogP contribution in [0.2, 0.25) is 10.0 Å². The number of methoxy groups -OCH3 is 2. The molecule has 1 aromatic heterocycles. The van der Waals surface area contributed by atoms with Crippen molar-refractivity contribution in [3.63, 3.8) is 0 Å². The Labute approximate surface area is 290 Å². The number of sulfonamides is 1. The van der Waals surface area contributed by atoms with Gasteiger partial charge in [0, 0.05) is 38.2 Å². The Hall–Kier alpha value is -3.49. The maximum absolute atomic E-state index is 13.8. The second-order valence-corrected chi connectivity index (χ2v) is 14.5. The molecule has 260 valence electrons. The van der Waals surface area contributed by atoms with E-state index in [1.807, 2.05) is 0 Å². The summed E-state index contributed by atoms with van der Waals surface area (Å²) >= 11 is 12.8. The lowest BCUT2D eigenvalue weighted by molar-refractivity contribution is -0.605. The number of pyridine rings is 1. The molecule has 1 saturated carbocycles. The van der Waals surface area contributed by atoms with Gasteiger partial charge in [-0.3, -0.25) is 9.21 Å². The molecule has 0 radical (unpaired) electrons. The number of halogens is 2. The fraction of sp³-hybridized carbons (Fsp3) is 0.455. The van der Waals surface area contributed by atoms with E-state index < -0.39 is 22.1 Å². The summed E-state index contributed by atoms with van der Waals surface area (Å²) in [6, 6.07) is 9.70. The molecule has 15 heteroatoms. The number of aromatic nitrogens is 1. The van der Waals surface area contributed by atoms with Crippen LogP contribution in [0, 0.1) is 11.1 Å². The first kappa shape index (κ1) is 35.8. The van der Waals surface area contributed by atoms with Crippen LogP contribution < -0.4 is 23.2 Å². The Morgan fingerprint density at radius 3 is 2.35 bits per heavy atom. The summed E-state index contributed by atoms with van der Waals surface area (Å²) in [6.07, 6.45) is 4.65. The van der Waals surface area contributed by atoms with Crippen molar-refractivity contribution in [2.24, 2.45) is 5.92 Å². The van der Waals surface area contributed by atoms with E-state index in [0.717, 1.165) is 19.1 Å². The van der Waals surface area contributed by atoms with Gasteiger partial charge in [0.25, 0.3) is 0 Å². The van der Waals surface area contributed by atoms with Crippen molar-refractivity contribution in [2.75, 3.05) is 70.8 Å². The van der Waals surface area contributed by atoms with Crippen LogP contribution in [0.5, 0.6) is 17.2 Å². The number of ether oxygens (including phenoxy) is 5. The summed E-state index contributed by atoms with van der Waals surface area (Å²) in [5.41, 5.74) is 1.46. The number of carbonyl (C=O) groups is 1. The Balaban J connectivity index is 1.46. The van der Waals surface area contributed by atoms with Crippen LogP contribution in [-0.4, -0.2) is 85.8 Å². The third kappa shape index (κ3) is 9.14. The van der Waals surface area contributed by atoms with Crippen LogP contribution in [0.3, 0.4) is 0 Å². The van der Waals surface area contributed by atoms with Gasteiger partial charge >= 0.3 is 5.97 Å². The van der Waals surface area contributed by atoms with E-state index in [4.69, 9.17) is 46.9 Å². The van der Waals surface area contributed by atoms with Gasteiger partial charge in [-0.15, -0.1) is 0 Å². The smallest absolute Gasteiger partial charge is 0.338 e. The van der Waals surface area contributed by atoms with Crippen molar-refractivity contribution in [1.82, 2.24) is 4.90 Å². The summed E-state index contributed by atoms with van der Waals surface area (Å²) < 4.78 is 56.4. The van der Waals surface area contributed by atoms with Gasteiger partial charge < -0.3 is 28.9 Å². The lowest BCUT2D eigenvalue weighted by Crippen LogP contribution is -2.43. The zero-order chi connectivity index (χ0) is 34.4. The Morgan fingerprint density at radius 2 is 1.73 bits per heavy atom. The molecule has 5 rings (SSSR count). The molecule has 0 bridgehead atoms. The largest absolute Gasteiger partial charge is 0.619 e. The molecular formula is C33H39Cl2N3O9S. The van der Waals surface area contributed by atoms with Crippen LogP contribution in [0.15, 0.2) is 48.8 Å². The van der Waals surface area contributed by atoms with E-state index in [0.29, 0.717) is 78.4 Å². The molecule has 0 unspecified atom stereocenters. The highest BCUT2D eigenvalue weighted by Gasteiger charge is 2.29. The Morgan fingerprint density at radius 1 is 1.04 bits per heavy atom. The van der Waals surface area contributed by atoms with Crippen LogP contribution in [0.4, 0.5) is 5.69 Å². The summed E-state index contributed by atoms with van der Waals surface area (Å²) in [7, 11) is -0.700. The highest BCUT2D eigenvalue weighted by Crippen LogP contribution is 2.38. The maximum atomic E-state index is 13.8. The zero-order valence-corrected chi connectivity index (χ0v) is 29.4. The topological polar surface area (TPSA) is 131 Å². The van der Waals surface area contributed by atoms with Gasteiger partial charge in [-0.2, -0.15) is 4.73 Å². The Bertz CT molecular complexity index is 1690. The third-order valence-corrected chi connectivity index (χ3v) is 10.1. The lowest BCUT2D eigenvalue weighted by Gasteiger charge is -2.30. The van der Waals surface area contributed by atoms with Crippen molar-refractivity contribution >= 4 is 44.9 Å². The van der Waals surface area contributed by atoms with Crippen molar-refractivity contribution in [1.29, 1.82) is 0 Å². The maximum Gasteiger partial charge on any atom is 0.338 e. The van der Waals surface area contributed by atoms with Crippen LogP contribution >= 0.6 is 23.2 Å². The number of hydrogen-bond acceptors (Lipinski definition) is 10. The highest BCUT2D eigenvalue weighted by molar-refractivity contribution is 7.92. The number of rotatable bonds is 15. The van der Waals surface area contributed by atoms with Gasteiger partial charge in [-0.05, 0) is 54.7 Å². The van der Waals surface area contributed by atoms with Crippen molar-refractivity contribution in [2.45, 2.75) is 25.4 Å². The van der Waals surface area contributed by atoms with E-state index in [-0.39, 0.29) is 34.3 Å². The number of nitrogens with zero attached hydrogens (tertiary/aromatic N) is 3. The zero-order valence-electron chi connectivity index (χ0n) is 27.0. The number of carbonyl (C=O) groups excluding carboxylic acids is 1. The average Bonchev–Trinajstić information content (AvgIpc) is 3.89. The summed E-state index contributed by atoms with van der Waals surface area (Å²) in [4.78, 5) is 16.0. The predicted octanol–water partition coefficient (Wildman–Crippen LogP) is 4.67. The molecule has 2 heterocycles. The summed E-state index contributed by atoms with van der Waals surface area (Å²) in [5.74, 6) is 0.832. The predicted molar refractivity (Wildman–Crippen MR) is 181 cm³/mol. The number of esters is 1. The van der Waals surface area contributed by atoms with E-state index in [1.54, 1.807) is 24.3 Å². The molecule has 1 aliphatic carbocycles. The molecule has 0 spiro atoms. The normalized spacial score (nSPS) is 15.9. The molecule has 1 saturated heterocycles. The van der Waals surface area contributed by atoms with Crippen LogP contribution in [-0.2, 0) is 25.9 Å². The monoisotopic (exact) mass is 723 g/mol. The van der Waals surface area contributed by atoms with Gasteiger partial charge in [0.15, 0.2) is 23.9 Å². The van der Waals surface area contributed by atoms with Crippen molar-refractivity contribution in [3.05, 3.63) is 80.7 Å². The van der Waals surface area contributed by atoms with Crippen molar-refractivity contribution < 1.29 is 41.6 Å². The minimum absolute atomic E-state index is 0.0340. The van der Waals surface area contributed by atoms with Gasteiger partial charge in [-0.25, -0.2) is 13.2 Å². The average molecular weight is 725 g/mol. The molecule has 12 nitrogen and oxygen atoms in total. The number of hydrogen-bond donors (Lipinski definition) is 0. The summed E-state index contributed by atoms with van der Waals surface area (Å²) in [6.45, 7) is 3.72. The lowest BCUT2D eigenvalue weighted by atomic mass is 10.0. The van der Waals surface area contributed by atoms with Gasteiger partial charge in [0.2, 0.25) is 10.0 Å². The fourth-order valence-corrected chi connectivity index (χ4v) is 6.89. The first-order chi connectivity index (χ1) is 23.0. The molecule has 2 aromatic carbocycles. The molecule has 2 aliphatic rings. The van der Waals surface area contributed by atoms with E-state index >= 15 is 0 Å². The first-order valence-electron chi connectivity index (χ1n) is 15.5. The van der Waals surface area contributed by atoms with Gasteiger partial charge in [0.05, 0.1) is 51.5 Å². The van der Waals surface area contributed by atoms with Crippen LogP contribution in [0.1, 0.15) is 40.4 Å². The molecule has 1 aliphatic heterocycles. The standard InChI is InChI=1S/C33H39Cl2N3O9S/c1-43-29-9-7-23(16-32(29)44-2)30(18-25-26(34)19-37(40)20-27(25)35)47-33(39)24-6-8-28(31(17-24)46-21-22-4-5-22)38(48(3,41)42)11-10-36-12-14-45-15-13-36/h6-9,16-17,19-20,22,30H,4-5,10-15,18,21H2,1-3H3/t30-/m0/s1. The molecule has 2 fully saturated rings. The highest BCUT2D eigenvalue weighted by atomic mass is 35.5. The number of benzene rings is 2. The van der Waals surface area contributed by atoms with E-state index in [1.165, 1.54) is 43.1 Å². The quantitative estimate of drug-likeness (QED) is 0.124. The number of morpholine rings is 1. The molecule has 1 atom stereocenters. The molecule has 0 N–H and O–H groups in total. The second-order valence-electron chi connectivity index (χ2n) is 11.7. The molecule has 48 heavy (non-hydrogen) atoms. The fourth-order valence-electron chi connectivity index (χ4n) is 5.37. The SMILES string of the molecule is COc1ccc([C@H](Cc2c(Cl)c[n+]([O-])cc2Cl)OC(=O)c2ccc(N(CCN3CCOCC3)S(C)(=O)=O)c(OCC3CC3)c2)cc1OC.